The summed E-state index contributed by atoms with van der Waals surface area (Å²) in [6.45, 7) is 0. The van der Waals surface area contributed by atoms with Crippen LogP contribution in [0.3, 0.4) is 0 Å². The minimum Gasteiger partial charge on any atom is -0.371 e. The highest BCUT2D eigenvalue weighted by atomic mass is 15.0. The van der Waals surface area contributed by atoms with Crippen molar-refractivity contribution >= 4 is 87.7 Å². The van der Waals surface area contributed by atoms with Crippen LogP contribution in [0.1, 0.15) is 11.1 Å². The first-order chi connectivity index (χ1) is 31.2. The van der Waals surface area contributed by atoms with Crippen molar-refractivity contribution in [3.8, 4) is 22.3 Å². The molecular formula is C60H39N3. The fourth-order valence-electron chi connectivity index (χ4n) is 10.3. The molecule has 1 aromatic heterocycles. The van der Waals surface area contributed by atoms with Crippen LogP contribution < -0.4 is 5.32 Å². The molecule has 3 heteroatoms. The van der Waals surface area contributed by atoms with E-state index in [0.717, 1.165) is 33.9 Å². The molecule has 1 N–H and O–H groups in total. The summed E-state index contributed by atoms with van der Waals surface area (Å²) < 4.78 is 2.47. The number of benzene rings is 10. The summed E-state index contributed by atoms with van der Waals surface area (Å²) in [4.78, 5) is 5.53. The first-order valence-corrected chi connectivity index (χ1v) is 21.7. The number of aliphatic imine (C=N–C) groups is 1. The summed E-state index contributed by atoms with van der Waals surface area (Å²) in [5.41, 5.74) is 13.4. The molecule has 13 rings (SSSR count). The average molecular weight is 802 g/mol. The van der Waals surface area contributed by atoms with E-state index >= 15 is 0 Å². The van der Waals surface area contributed by atoms with Gasteiger partial charge in [-0.05, 0) is 89.8 Å². The molecule has 63 heavy (non-hydrogen) atoms. The van der Waals surface area contributed by atoms with Gasteiger partial charge in [0, 0.05) is 27.4 Å². The van der Waals surface area contributed by atoms with E-state index in [1.165, 1.54) is 87.1 Å². The molecule has 0 bridgehead atoms. The van der Waals surface area contributed by atoms with Gasteiger partial charge in [0.1, 0.15) is 0 Å². The first-order valence-electron chi connectivity index (χ1n) is 21.7. The van der Waals surface area contributed by atoms with Gasteiger partial charge >= 0.3 is 0 Å². The fourth-order valence-corrected chi connectivity index (χ4v) is 10.3. The van der Waals surface area contributed by atoms with Crippen molar-refractivity contribution in [3.05, 3.63) is 236 Å². The molecule has 1 atom stereocenters. The third-order valence-corrected chi connectivity index (χ3v) is 13.2. The maximum Gasteiger partial charge on any atom is 0.0944 e. The van der Waals surface area contributed by atoms with E-state index in [1.807, 2.05) is 0 Å². The van der Waals surface area contributed by atoms with Gasteiger partial charge in [-0.1, -0.05) is 200 Å². The fraction of sp³-hybridized carbons (Fsp3) is 0.0167. The zero-order valence-corrected chi connectivity index (χ0v) is 34.3. The van der Waals surface area contributed by atoms with Crippen LogP contribution in [0.15, 0.2) is 229 Å². The van der Waals surface area contributed by atoms with Crippen LogP contribution in [0.2, 0.25) is 0 Å². The van der Waals surface area contributed by atoms with Crippen molar-refractivity contribution in [1.82, 2.24) is 9.88 Å². The van der Waals surface area contributed by atoms with Crippen molar-refractivity contribution in [2.24, 2.45) is 4.99 Å². The Balaban J connectivity index is 0.961. The minimum absolute atomic E-state index is 0.153. The third kappa shape index (κ3) is 5.64. The van der Waals surface area contributed by atoms with Crippen molar-refractivity contribution < 1.29 is 0 Å². The Hall–Kier alpha value is -8.27. The minimum atomic E-state index is -0.153. The van der Waals surface area contributed by atoms with Gasteiger partial charge < -0.3 is 9.88 Å². The zero-order chi connectivity index (χ0) is 41.4. The maximum absolute atomic E-state index is 5.53. The zero-order valence-electron chi connectivity index (χ0n) is 34.3. The van der Waals surface area contributed by atoms with Gasteiger partial charge in [-0.2, -0.15) is 0 Å². The van der Waals surface area contributed by atoms with Crippen LogP contribution in [0.25, 0.3) is 104 Å². The quantitative estimate of drug-likeness (QED) is 0.173. The van der Waals surface area contributed by atoms with E-state index in [2.05, 4.69) is 234 Å². The summed E-state index contributed by atoms with van der Waals surface area (Å²) in [6, 6.07) is 74.6. The summed E-state index contributed by atoms with van der Waals surface area (Å²) in [5.74, 6) is 0. The lowest BCUT2D eigenvalue weighted by Gasteiger charge is -2.30. The molecule has 294 valence electrons. The Morgan fingerprint density at radius 1 is 0.397 bits per heavy atom. The van der Waals surface area contributed by atoms with Gasteiger partial charge in [0.05, 0.1) is 34.2 Å². The number of nitrogens with zero attached hydrogens (tertiary/aromatic N) is 2. The van der Waals surface area contributed by atoms with Crippen LogP contribution >= 0.6 is 0 Å². The Kier molecular flexibility index (Phi) is 7.97. The summed E-state index contributed by atoms with van der Waals surface area (Å²) >= 11 is 0. The molecule has 1 aliphatic heterocycles. The molecule has 3 nitrogen and oxygen atoms in total. The number of para-hydroxylation sites is 1. The van der Waals surface area contributed by atoms with Crippen LogP contribution in [0.5, 0.6) is 0 Å². The lowest BCUT2D eigenvalue weighted by molar-refractivity contribution is 0.879. The number of hydrogen-bond acceptors (Lipinski definition) is 2. The van der Waals surface area contributed by atoms with Crippen LogP contribution in [0, 0.1) is 0 Å². The highest BCUT2D eigenvalue weighted by Gasteiger charge is 2.28. The van der Waals surface area contributed by atoms with Crippen LogP contribution in [-0.2, 0) is 0 Å². The average Bonchev–Trinajstić information content (AvgIpc) is 3.71. The van der Waals surface area contributed by atoms with Crippen molar-refractivity contribution in [2.75, 3.05) is 0 Å². The Labute approximate surface area is 364 Å². The maximum atomic E-state index is 5.53. The third-order valence-electron chi connectivity index (χ3n) is 13.2. The smallest absolute Gasteiger partial charge is 0.0944 e. The lowest BCUT2D eigenvalue weighted by Crippen LogP contribution is -2.38. The largest absolute Gasteiger partial charge is 0.371 e. The van der Waals surface area contributed by atoms with E-state index in [9.17, 15) is 0 Å². The Morgan fingerprint density at radius 2 is 0.889 bits per heavy atom. The van der Waals surface area contributed by atoms with Gasteiger partial charge in [-0.3, -0.25) is 0 Å². The second-order valence-corrected chi connectivity index (χ2v) is 16.7. The number of nitrogens with one attached hydrogen (secondary N) is 1. The molecule has 0 fully saturated rings. The van der Waals surface area contributed by atoms with Gasteiger partial charge in [0.15, 0.2) is 0 Å². The second kappa shape index (κ2) is 14.2. The van der Waals surface area contributed by atoms with E-state index in [0.29, 0.717) is 0 Å². The van der Waals surface area contributed by atoms with Gasteiger partial charge in [0.25, 0.3) is 0 Å². The highest BCUT2D eigenvalue weighted by molar-refractivity contribution is 6.32. The van der Waals surface area contributed by atoms with Crippen molar-refractivity contribution in [3.63, 3.8) is 0 Å². The van der Waals surface area contributed by atoms with Crippen molar-refractivity contribution in [2.45, 2.75) is 6.04 Å². The Morgan fingerprint density at radius 3 is 1.54 bits per heavy atom. The molecule has 0 spiro atoms. The molecule has 0 radical (unpaired) electrons. The molecule has 0 saturated heterocycles. The van der Waals surface area contributed by atoms with E-state index in [1.54, 1.807) is 0 Å². The van der Waals surface area contributed by atoms with Crippen molar-refractivity contribution in [1.29, 1.82) is 0 Å². The summed E-state index contributed by atoms with van der Waals surface area (Å²) in [5, 5.41) is 16.6. The summed E-state index contributed by atoms with van der Waals surface area (Å²) in [6.07, 6.45) is 6.82. The molecule has 10 aromatic carbocycles. The van der Waals surface area contributed by atoms with E-state index < -0.39 is 0 Å². The van der Waals surface area contributed by atoms with Gasteiger partial charge in [0.2, 0.25) is 0 Å². The molecule has 2 heterocycles. The number of rotatable bonds is 5. The predicted molar refractivity (Wildman–Crippen MR) is 268 cm³/mol. The highest BCUT2D eigenvalue weighted by Crippen LogP contribution is 2.43. The Bertz CT molecular complexity index is 3790. The number of fused-ring (bicyclic) bond motifs is 11. The molecule has 2 aliphatic rings. The monoisotopic (exact) mass is 801 g/mol. The lowest BCUT2D eigenvalue weighted by atomic mass is 9.93. The molecule has 1 aliphatic carbocycles. The summed E-state index contributed by atoms with van der Waals surface area (Å²) in [7, 11) is 0. The van der Waals surface area contributed by atoms with Gasteiger partial charge in [-0.15, -0.1) is 0 Å². The van der Waals surface area contributed by atoms with E-state index in [4.69, 9.17) is 4.99 Å². The SMILES string of the molecule is C1=CC2=NC(c3ccc(-c4cccc5ccccc45)cc3)=C(c3ccc(-c4cccc5ccccc45)cc3)NC2C=C1n1c2ccccc2c2c3ccccc3c3ccccc3c21. The molecule has 11 aromatic rings. The number of hydrogen-bond donors (Lipinski definition) is 1. The van der Waals surface area contributed by atoms with Gasteiger partial charge in [-0.25, -0.2) is 4.99 Å². The number of allylic oxidation sites excluding steroid dienone is 2. The molecule has 1 unspecified atom stereocenters. The topological polar surface area (TPSA) is 29.3 Å². The normalized spacial score (nSPS) is 15.0. The molecule has 0 amide bonds. The first kappa shape index (κ1) is 35.5. The number of aromatic nitrogens is 1. The van der Waals surface area contributed by atoms with Crippen LogP contribution in [0.4, 0.5) is 0 Å². The second-order valence-electron chi connectivity index (χ2n) is 16.7. The molecule has 0 saturated carbocycles. The standard InChI is InChI=1S/C60H39N3/c1-3-17-45-38(13-1)15-11-24-47(45)40-27-31-42(32-28-40)58-59(43-33-29-41(30-34-43)48-25-12-16-39-14-2-4-18-46(39)48)62-55-37-44(35-36-54(55)61-58)63-56-26-10-9-23-53(56)57-51-21-7-5-19-49(51)50-20-6-8-22-52(50)60(57)63/h1-37,55,62H. The van der Waals surface area contributed by atoms with Crippen LogP contribution in [-0.4, -0.2) is 16.3 Å². The van der Waals surface area contributed by atoms with E-state index in [-0.39, 0.29) is 6.04 Å². The predicted octanol–water partition coefficient (Wildman–Crippen LogP) is 15.1. The molecular weight excluding hydrogens is 763 g/mol.